The lowest BCUT2D eigenvalue weighted by Gasteiger charge is -2.09. The van der Waals surface area contributed by atoms with Gasteiger partial charge in [0.2, 0.25) is 6.79 Å². The van der Waals surface area contributed by atoms with Gasteiger partial charge in [0.25, 0.3) is 5.69 Å². The van der Waals surface area contributed by atoms with Gasteiger partial charge in [0.1, 0.15) is 11.3 Å². The van der Waals surface area contributed by atoms with Crippen LogP contribution in [-0.4, -0.2) is 35.7 Å². The van der Waals surface area contributed by atoms with Crippen LogP contribution in [0, 0.1) is 10.1 Å². The van der Waals surface area contributed by atoms with Gasteiger partial charge in [-0.3, -0.25) is 24.7 Å². The highest BCUT2D eigenvalue weighted by Crippen LogP contribution is 2.31. The molecule has 1 aromatic carbocycles. The zero-order valence-electron chi connectivity index (χ0n) is 14.2. The van der Waals surface area contributed by atoms with E-state index in [-0.39, 0.29) is 37.0 Å². The first-order valence-corrected chi connectivity index (χ1v) is 7.90. The van der Waals surface area contributed by atoms with Crippen LogP contribution in [0.15, 0.2) is 30.5 Å². The van der Waals surface area contributed by atoms with Crippen molar-refractivity contribution in [1.29, 1.82) is 0 Å². The van der Waals surface area contributed by atoms with E-state index in [1.54, 1.807) is 12.1 Å². The molecular formula is C17H18N2O7. The third-order valence-corrected chi connectivity index (χ3v) is 3.58. The molecule has 9 nitrogen and oxygen atoms in total. The van der Waals surface area contributed by atoms with E-state index in [0.29, 0.717) is 23.7 Å². The van der Waals surface area contributed by atoms with Gasteiger partial charge in [-0.25, -0.2) is 0 Å². The second-order valence-corrected chi connectivity index (χ2v) is 5.30. The number of nitrogens with zero attached hydrogens (tertiary/aromatic N) is 2. The van der Waals surface area contributed by atoms with E-state index in [9.17, 15) is 19.7 Å². The highest BCUT2D eigenvalue weighted by molar-refractivity contribution is 5.92. The minimum Gasteiger partial charge on any atom is -0.469 e. The number of carbonyl (C=O) groups is 2. The third-order valence-electron chi connectivity index (χ3n) is 3.58. The number of non-ortho nitro benzene ring substituents is 1. The molecule has 0 spiro atoms. The number of pyridine rings is 1. The van der Waals surface area contributed by atoms with Crippen molar-refractivity contribution in [2.75, 3.05) is 13.9 Å². The van der Waals surface area contributed by atoms with E-state index >= 15 is 0 Å². The fraction of sp³-hybridized carbons (Fsp3) is 0.353. The van der Waals surface area contributed by atoms with Gasteiger partial charge in [-0.15, -0.1) is 0 Å². The van der Waals surface area contributed by atoms with Crippen molar-refractivity contribution in [3.8, 4) is 5.75 Å². The summed E-state index contributed by atoms with van der Waals surface area (Å²) in [6.45, 7) is -0.334. The number of unbranched alkanes of at least 4 members (excludes halogenated alkanes) is 1. The van der Waals surface area contributed by atoms with Crippen molar-refractivity contribution < 1.29 is 28.7 Å². The molecule has 2 aromatic rings. The van der Waals surface area contributed by atoms with Crippen LogP contribution in [0.1, 0.15) is 25.7 Å². The summed E-state index contributed by atoms with van der Waals surface area (Å²) in [5.41, 5.74) is 0.235. The summed E-state index contributed by atoms with van der Waals surface area (Å²) in [4.78, 5) is 37.2. The van der Waals surface area contributed by atoms with Crippen molar-refractivity contribution in [2.24, 2.45) is 0 Å². The highest BCUT2D eigenvalue weighted by atomic mass is 16.7. The minimum atomic E-state index is -0.498. The normalized spacial score (nSPS) is 10.3. The van der Waals surface area contributed by atoms with Crippen LogP contribution < -0.4 is 4.74 Å². The van der Waals surface area contributed by atoms with Gasteiger partial charge in [0.05, 0.1) is 17.4 Å². The molecule has 0 fully saturated rings. The first-order chi connectivity index (χ1) is 12.5. The molecule has 1 aromatic heterocycles. The van der Waals surface area contributed by atoms with Crippen molar-refractivity contribution in [3.05, 3.63) is 40.6 Å². The molecule has 2 rings (SSSR count). The van der Waals surface area contributed by atoms with Gasteiger partial charge in [-0.05, 0) is 31.0 Å². The summed E-state index contributed by atoms with van der Waals surface area (Å²) in [5, 5.41) is 11.4. The van der Waals surface area contributed by atoms with E-state index in [2.05, 4.69) is 9.72 Å². The monoisotopic (exact) mass is 362 g/mol. The Hall–Kier alpha value is -3.23. The standard InChI is InChI=1S/C17H18N2O7/c1-24-15(20)6-2-3-7-16(21)26-11-25-14-9-8-13(19(22)23)12-5-4-10-18-17(12)14/h4-5,8-10H,2-3,6-7,11H2,1H3. The topological polar surface area (TPSA) is 118 Å². The van der Waals surface area contributed by atoms with Crippen molar-refractivity contribution in [3.63, 3.8) is 0 Å². The van der Waals surface area contributed by atoms with Crippen LogP contribution in [0.3, 0.4) is 0 Å². The van der Waals surface area contributed by atoms with E-state index in [1.165, 1.54) is 25.4 Å². The number of fused-ring (bicyclic) bond motifs is 1. The molecule has 9 heteroatoms. The molecule has 0 radical (unpaired) electrons. The molecule has 0 unspecified atom stereocenters. The SMILES string of the molecule is COC(=O)CCCCC(=O)OCOc1ccc([N+](=O)[O-])c2cccnc12. The summed E-state index contributed by atoms with van der Waals surface area (Å²) in [6, 6.07) is 5.89. The van der Waals surface area contributed by atoms with Crippen molar-refractivity contribution >= 4 is 28.5 Å². The van der Waals surface area contributed by atoms with Gasteiger partial charge in [-0.2, -0.15) is 0 Å². The van der Waals surface area contributed by atoms with Gasteiger partial charge >= 0.3 is 11.9 Å². The molecule has 0 aliphatic rings. The predicted octanol–water partition coefficient (Wildman–Crippen LogP) is 2.76. The molecule has 26 heavy (non-hydrogen) atoms. The zero-order valence-corrected chi connectivity index (χ0v) is 14.2. The molecule has 0 bridgehead atoms. The molecule has 1 heterocycles. The minimum absolute atomic E-state index is 0.0805. The lowest BCUT2D eigenvalue weighted by atomic mass is 10.1. The van der Waals surface area contributed by atoms with E-state index in [4.69, 9.17) is 9.47 Å². The zero-order chi connectivity index (χ0) is 18.9. The smallest absolute Gasteiger partial charge is 0.308 e. The lowest BCUT2D eigenvalue weighted by molar-refractivity contribution is -0.383. The largest absolute Gasteiger partial charge is 0.469 e. The van der Waals surface area contributed by atoms with E-state index in [0.717, 1.165) is 0 Å². The summed E-state index contributed by atoms with van der Waals surface area (Å²) >= 11 is 0. The van der Waals surface area contributed by atoms with E-state index < -0.39 is 10.9 Å². The van der Waals surface area contributed by atoms with Crippen LogP contribution in [0.2, 0.25) is 0 Å². The average Bonchev–Trinajstić information content (AvgIpc) is 2.64. The number of nitro groups is 1. The van der Waals surface area contributed by atoms with Crippen LogP contribution in [0.25, 0.3) is 10.9 Å². The first-order valence-electron chi connectivity index (χ1n) is 7.90. The Labute approximate surface area is 149 Å². The summed E-state index contributed by atoms with van der Waals surface area (Å²) in [6.07, 6.45) is 2.92. The van der Waals surface area contributed by atoms with Gasteiger partial charge < -0.3 is 14.2 Å². The number of nitro benzene ring substituents is 1. The van der Waals surface area contributed by atoms with Crippen molar-refractivity contribution in [1.82, 2.24) is 4.98 Å². The second kappa shape index (κ2) is 9.30. The number of hydrogen-bond donors (Lipinski definition) is 0. The molecule has 0 aliphatic heterocycles. The second-order valence-electron chi connectivity index (χ2n) is 5.30. The number of aromatic nitrogens is 1. The van der Waals surface area contributed by atoms with E-state index in [1.807, 2.05) is 0 Å². The molecule has 0 atom stereocenters. The predicted molar refractivity (Wildman–Crippen MR) is 90.5 cm³/mol. The maximum atomic E-state index is 11.6. The highest BCUT2D eigenvalue weighted by Gasteiger charge is 2.16. The lowest BCUT2D eigenvalue weighted by Crippen LogP contribution is -2.11. The Balaban J connectivity index is 1.86. The number of methoxy groups -OCH3 is 1. The van der Waals surface area contributed by atoms with Crippen LogP contribution in [0.4, 0.5) is 5.69 Å². The van der Waals surface area contributed by atoms with Crippen LogP contribution >= 0.6 is 0 Å². The molecule has 0 saturated heterocycles. The number of rotatable bonds is 9. The van der Waals surface area contributed by atoms with Crippen molar-refractivity contribution in [2.45, 2.75) is 25.7 Å². The quantitative estimate of drug-likeness (QED) is 0.220. The Morgan fingerprint density at radius 1 is 1.15 bits per heavy atom. The Bertz CT molecular complexity index is 807. The maximum absolute atomic E-state index is 11.6. The molecule has 0 N–H and O–H groups in total. The van der Waals surface area contributed by atoms with Crippen LogP contribution in [-0.2, 0) is 19.1 Å². The fourth-order valence-electron chi connectivity index (χ4n) is 2.28. The van der Waals surface area contributed by atoms with Gasteiger partial charge in [0.15, 0.2) is 0 Å². The Kier molecular flexibility index (Phi) is 6.84. The first kappa shape index (κ1) is 19.1. The number of hydrogen-bond acceptors (Lipinski definition) is 8. The van der Waals surface area contributed by atoms with Gasteiger partial charge in [-0.1, -0.05) is 0 Å². The average molecular weight is 362 g/mol. The van der Waals surface area contributed by atoms with Crippen LogP contribution in [0.5, 0.6) is 5.75 Å². The number of ether oxygens (including phenoxy) is 3. The summed E-state index contributed by atoms with van der Waals surface area (Å²) < 4.78 is 14.9. The number of esters is 2. The Morgan fingerprint density at radius 2 is 1.88 bits per heavy atom. The third kappa shape index (κ3) is 5.13. The summed E-state index contributed by atoms with van der Waals surface area (Å²) in [5.74, 6) is -0.502. The molecule has 138 valence electrons. The fourth-order valence-corrected chi connectivity index (χ4v) is 2.28. The number of benzene rings is 1. The summed E-state index contributed by atoms with van der Waals surface area (Å²) in [7, 11) is 1.31. The van der Waals surface area contributed by atoms with Gasteiger partial charge in [0, 0.05) is 25.1 Å². The molecular weight excluding hydrogens is 344 g/mol. The maximum Gasteiger partial charge on any atom is 0.308 e. The molecule has 0 amide bonds. The Morgan fingerprint density at radius 3 is 2.58 bits per heavy atom. The molecule has 0 saturated carbocycles. The number of carbonyl (C=O) groups excluding carboxylic acids is 2. The molecule has 0 aliphatic carbocycles.